The molecule has 0 aliphatic heterocycles. The summed E-state index contributed by atoms with van der Waals surface area (Å²) in [7, 11) is 1.95. The van der Waals surface area contributed by atoms with Gasteiger partial charge in [0.1, 0.15) is 18.4 Å². The van der Waals surface area contributed by atoms with E-state index in [9.17, 15) is 4.79 Å². The van der Waals surface area contributed by atoms with Gasteiger partial charge in [0, 0.05) is 12.2 Å². The fourth-order valence-corrected chi connectivity index (χ4v) is 2.45. The number of anilines is 1. The van der Waals surface area contributed by atoms with Crippen LogP contribution in [0.5, 0.6) is 5.75 Å². The van der Waals surface area contributed by atoms with E-state index < -0.39 is 0 Å². The molecule has 0 heterocycles. The number of nitrogens with two attached hydrogens (primary N) is 1. The van der Waals surface area contributed by atoms with Crippen molar-refractivity contribution >= 4 is 24.0 Å². The van der Waals surface area contributed by atoms with Crippen molar-refractivity contribution < 1.29 is 9.53 Å². The smallest absolute Gasteiger partial charge is 0.246 e. The first kappa shape index (κ1) is 21.0. The Morgan fingerprint density at radius 1 is 1.16 bits per heavy atom. The zero-order valence-corrected chi connectivity index (χ0v) is 15.5. The molecule has 0 saturated heterocycles. The second-order valence-corrected chi connectivity index (χ2v) is 5.54. The zero-order valence-electron chi connectivity index (χ0n) is 14.6. The Labute approximate surface area is 155 Å². The molecule has 25 heavy (non-hydrogen) atoms. The second kappa shape index (κ2) is 10.7. The third-order valence-corrected chi connectivity index (χ3v) is 3.81. The van der Waals surface area contributed by atoms with Gasteiger partial charge in [-0.3, -0.25) is 9.69 Å². The average molecular weight is 364 g/mol. The number of nitrogens with one attached hydrogen (secondary N) is 1. The highest BCUT2D eigenvalue weighted by atomic mass is 35.5. The topological polar surface area (TPSA) is 67.6 Å². The molecule has 0 aromatic heterocycles. The van der Waals surface area contributed by atoms with Gasteiger partial charge in [-0.05, 0) is 43.4 Å². The molecule has 1 amide bonds. The number of hydrogen-bond acceptors (Lipinski definition) is 4. The number of likely N-dealkylation sites (N-methyl/N-ethyl adjacent to an activating group) is 1. The van der Waals surface area contributed by atoms with Gasteiger partial charge in [-0.2, -0.15) is 0 Å². The maximum atomic E-state index is 12.8. The monoisotopic (exact) mass is 363 g/mol. The Kier molecular flexibility index (Phi) is 8.99. The van der Waals surface area contributed by atoms with Gasteiger partial charge in [-0.15, -0.1) is 12.4 Å². The number of rotatable bonds is 8. The standard InChI is InChI=1S/C19H25N3O2.ClH/c1-3-22(2)18(15-7-5-4-6-8-15)19(23)21-16-9-11-17(12-10-16)24-14-13-20;/h4-12,18H,3,13-14,20H2,1-2H3,(H,21,23);1H. The number of halogens is 1. The van der Waals surface area contributed by atoms with Gasteiger partial charge in [-0.25, -0.2) is 0 Å². The number of ether oxygens (including phenoxy) is 1. The molecular formula is C19H26ClN3O2. The summed E-state index contributed by atoms with van der Waals surface area (Å²) in [6.07, 6.45) is 0. The molecular weight excluding hydrogens is 338 g/mol. The van der Waals surface area contributed by atoms with E-state index in [1.54, 1.807) is 0 Å². The van der Waals surface area contributed by atoms with Crippen molar-refractivity contribution in [2.75, 3.05) is 32.1 Å². The van der Waals surface area contributed by atoms with Crippen LogP contribution in [0.25, 0.3) is 0 Å². The van der Waals surface area contributed by atoms with Gasteiger partial charge in [0.25, 0.3) is 0 Å². The van der Waals surface area contributed by atoms with Crippen LogP contribution in [0.15, 0.2) is 54.6 Å². The Hall–Kier alpha value is -2.08. The van der Waals surface area contributed by atoms with Crippen molar-refractivity contribution in [1.29, 1.82) is 0 Å². The highest BCUT2D eigenvalue weighted by Crippen LogP contribution is 2.22. The van der Waals surface area contributed by atoms with Crippen LogP contribution in [0.4, 0.5) is 5.69 Å². The van der Waals surface area contributed by atoms with Gasteiger partial charge < -0.3 is 15.8 Å². The maximum absolute atomic E-state index is 12.8. The van der Waals surface area contributed by atoms with E-state index in [2.05, 4.69) is 5.32 Å². The van der Waals surface area contributed by atoms with Gasteiger partial charge in [0.05, 0.1) is 0 Å². The van der Waals surface area contributed by atoms with Crippen molar-refractivity contribution in [1.82, 2.24) is 4.90 Å². The van der Waals surface area contributed by atoms with Gasteiger partial charge in [-0.1, -0.05) is 37.3 Å². The van der Waals surface area contributed by atoms with Crippen LogP contribution in [0.3, 0.4) is 0 Å². The van der Waals surface area contributed by atoms with E-state index >= 15 is 0 Å². The SMILES string of the molecule is CCN(C)C(C(=O)Nc1ccc(OCCN)cc1)c1ccccc1.Cl. The minimum Gasteiger partial charge on any atom is -0.492 e. The molecule has 6 heteroatoms. The predicted molar refractivity (Wildman–Crippen MR) is 104 cm³/mol. The molecule has 0 spiro atoms. The highest BCUT2D eigenvalue weighted by Gasteiger charge is 2.24. The first-order valence-electron chi connectivity index (χ1n) is 8.14. The summed E-state index contributed by atoms with van der Waals surface area (Å²) in [4.78, 5) is 14.8. The fourth-order valence-electron chi connectivity index (χ4n) is 2.45. The van der Waals surface area contributed by atoms with Crippen LogP contribution >= 0.6 is 12.4 Å². The van der Waals surface area contributed by atoms with E-state index in [-0.39, 0.29) is 24.4 Å². The lowest BCUT2D eigenvalue weighted by molar-refractivity contribution is -0.121. The number of carbonyl (C=O) groups is 1. The van der Waals surface area contributed by atoms with E-state index in [4.69, 9.17) is 10.5 Å². The third-order valence-electron chi connectivity index (χ3n) is 3.81. The highest BCUT2D eigenvalue weighted by molar-refractivity contribution is 5.95. The summed E-state index contributed by atoms with van der Waals surface area (Å²) in [5.41, 5.74) is 7.13. The van der Waals surface area contributed by atoms with Crippen molar-refractivity contribution in [3.8, 4) is 5.75 Å². The maximum Gasteiger partial charge on any atom is 0.246 e. The van der Waals surface area contributed by atoms with Crippen molar-refractivity contribution in [3.05, 3.63) is 60.2 Å². The Morgan fingerprint density at radius 3 is 2.36 bits per heavy atom. The van der Waals surface area contributed by atoms with Crippen molar-refractivity contribution in [2.45, 2.75) is 13.0 Å². The van der Waals surface area contributed by atoms with Crippen LogP contribution in [0.2, 0.25) is 0 Å². The predicted octanol–water partition coefficient (Wildman–Crippen LogP) is 3.08. The summed E-state index contributed by atoms with van der Waals surface area (Å²) >= 11 is 0. The number of hydrogen-bond donors (Lipinski definition) is 2. The Morgan fingerprint density at radius 2 is 1.80 bits per heavy atom. The summed E-state index contributed by atoms with van der Waals surface area (Å²) in [6, 6.07) is 16.8. The molecule has 0 aliphatic rings. The first-order valence-corrected chi connectivity index (χ1v) is 8.14. The molecule has 0 bridgehead atoms. The normalized spacial score (nSPS) is 11.5. The molecule has 0 aliphatic carbocycles. The molecule has 0 radical (unpaired) electrons. The summed E-state index contributed by atoms with van der Waals surface area (Å²) in [5, 5.41) is 2.98. The summed E-state index contributed by atoms with van der Waals surface area (Å²) in [5.74, 6) is 0.685. The minimum absolute atomic E-state index is 0. The van der Waals surface area contributed by atoms with Gasteiger partial charge in [0.15, 0.2) is 0 Å². The molecule has 2 aromatic carbocycles. The number of benzene rings is 2. The quantitative estimate of drug-likeness (QED) is 0.756. The second-order valence-electron chi connectivity index (χ2n) is 5.54. The van der Waals surface area contributed by atoms with Crippen LogP contribution in [-0.4, -0.2) is 37.6 Å². The van der Waals surface area contributed by atoms with Crippen molar-refractivity contribution in [3.63, 3.8) is 0 Å². The number of amides is 1. The van der Waals surface area contributed by atoms with E-state index in [0.717, 1.165) is 23.5 Å². The van der Waals surface area contributed by atoms with Crippen LogP contribution in [0, 0.1) is 0 Å². The van der Waals surface area contributed by atoms with E-state index in [1.807, 2.05) is 73.5 Å². The number of nitrogens with zero attached hydrogens (tertiary/aromatic N) is 1. The van der Waals surface area contributed by atoms with E-state index in [0.29, 0.717) is 13.2 Å². The molecule has 136 valence electrons. The average Bonchev–Trinajstić information content (AvgIpc) is 2.62. The summed E-state index contributed by atoms with van der Waals surface area (Å²) < 4.78 is 5.44. The van der Waals surface area contributed by atoms with Crippen LogP contribution < -0.4 is 15.8 Å². The van der Waals surface area contributed by atoms with Gasteiger partial charge >= 0.3 is 0 Å². The fraction of sp³-hybridized carbons (Fsp3) is 0.316. The third kappa shape index (κ3) is 6.05. The zero-order chi connectivity index (χ0) is 17.4. The van der Waals surface area contributed by atoms with E-state index in [1.165, 1.54) is 0 Å². The molecule has 2 rings (SSSR count). The van der Waals surface area contributed by atoms with Crippen LogP contribution in [0.1, 0.15) is 18.5 Å². The number of carbonyl (C=O) groups excluding carboxylic acids is 1. The molecule has 1 unspecified atom stereocenters. The molecule has 3 N–H and O–H groups in total. The lowest BCUT2D eigenvalue weighted by atomic mass is 10.0. The molecule has 1 atom stereocenters. The molecule has 5 nitrogen and oxygen atoms in total. The minimum atomic E-state index is -0.329. The van der Waals surface area contributed by atoms with Crippen LogP contribution in [-0.2, 0) is 4.79 Å². The van der Waals surface area contributed by atoms with Gasteiger partial charge in [0.2, 0.25) is 5.91 Å². The summed E-state index contributed by atoms with van der Waals surface area (Å²) in [6.45, 7) is 3.76. The molecule has 2 aromatic rings. The Bertz CT molecular complexity index is 635. The van der Waals surface area contributed by atoms with Crippen molar-refractivity contribution in [2.24, 2.45) is 5.73 Å². The first-order chi connectivity index (χ1) is 11.7. The molecule has 0 fully saturated rings. The lowest BCUT2D eigenvalue weighted by Crippen LogP contribution is -2.34. The Balaban J connectivity index is 0.00000312. The largest absolute Gasteiger partial charge is 0.492 e. The lowest BCUT2D eigenvalue weighted by Gasteiger charge is -2.26. The molecule has 0 saturated carbocycles.